The van der Waals surface area contributed by atoms with Crippen LogP contribution in [0.5, 0.6) is 0 Å². The SMILES string of the molecule is O=C1NC(=O)C(=Cc2ccnc(N3CCN(CCN4CCCCC4)CC3)n2)S1. The summed E-state index contributed by atoms with van der Waals surface area (Å²) in [7, 11) is 0. The van der Waals surface area contributed by atoms with Crippen molar-refractivity contribution in [2.24, 2.45) is 0 Å². The zero-order chi connectivity index (χ0) is 19.3. The highest BCUT2D eigenvalue weighted by Crippen LogP contribution is 2.25. The highest BCUT2D eigenvalue weighted by atomic mass is 32.2. The number of carbonyl (C=O) groups is 2. The van der Waals surface area contributed by atoms with Crippen molar-refractivity contribution in [1.82, 2.24) is 25.1 Å². The highest BCUT2D eigenvalue weighted by molar-refractivity contribution is 8.18. The lowest BCUT2D eigenvalue weighted by atomic mass is 10.1. The van der Waals surface area contributed by atoms with Gasteiger partial charge in [-0.3, -0.25) is 19.8 Å². The van der Waals surface area contributed by atoms with Crippen LogP contribution >= 0.6 is 11.8 Å². The van der Waals surface area contributed by atoms with Crippen LogP contribution in [0.3, 0.4) is 0 Å². The van der Waals surface area contributed by atoms with E-state index in [9.17, 15) is 9.59 Å². The van der Waals surface area contributed by atoms with Crippen LogP contribution in [0.25, 0.3) is 6.08 Å². The molecule has 4 heterocycles. The molecule has 0 radical (unpaired) electrons. The van der Waals surface area contributed by atoms with Crippen LogP contribution in [-0.2, 0) is 4.79 Å². The van der Waals surface area contributed by atoms with E-state index in [0.29, 0.717) is 16.5 Å². The number of nitrogens with one attached hydrogen (secondary N) is 1. The Hall–Kier alpha value is -1.97. The first-order valence-electron chi connectivity index (χ1n) is 9.95. The van der Waals surface area contributed by atoms with Crippen molar-refractivity contribution in [3.8, 4) is 0 Å². The van der Waals surface area contributed by atoms with E-state index in [2.05, 4.69) is 30.0 Å². The fourth-order valence-electron chi connectivity index (χ4n) is 3.79. The summed E-state index contributed by atoms with van der Waals surface area (Å²) in [4.78, 5) is 39.6. The minimum atomic E-state index is -0.363. The minimum Gasteiger partial charge on any atom is -0.338 e. The largest absolute Gasteiger partial charge is 0.338 e. The molecule has 8 nitrogen and oxygen atoms in total. The van der Waals surface area contributed by atoms with Gasteiger partial charge in [0.25, 0.3) is 11.1 Å². The molecule has 1 N–H and O–H groups in total. The third kappa shape index (κ3) is 4.89. The molecule has 3 fully saturated rings. The van der Waals surface area contributed by atoms with Crippen LogP contribution in [0.15, 0.2) is 17.2 Å². The molecule has 0 unspecified atom stereocenters. The van der Waals surface area contributed by atoms with Crippen LogP contribution in [0.2, 0.25) is 0 Å². The van der Waals surface area contributed by atoms with Gasteiger partial charge in [-0.1, -0.05) is 6.42 Å². The van der Waals surface area contributed by atoms with Crippen molar-refractivity contribution in [3.63, 3.8) is 0 Å². The fourth-order valence-corrected chi connectivity index (χ4v) is 4.45. The van der Waals surface area contributed by atoms with Gasteiger partial charge in [-0.05, 0) is 49.8 Å². The van der Waals surface area contributed by atoms with Gasteiger partial charge in [0.2, 0.25) is 5.95 Å². The van der Waals surface area contributed by atoms with E-state index < -0.39 is 0 Å². The quantitative estimate of drug-likeness (QED) is 0.741. The first-order chi connectivity index (χ1) is 13.7. The number of thioether (sulfide) groups is 1. The van der Waals surface area contributed by atoms with E-state index in [1.807, 2.05) is 0 Å². The molecule has 3 aliphatic rings. The number of piperidine rings is 1. The molecular weight excluding hydrogens is 376 g/mol. The van der Waals surface area contributed by atoms with Gasteiger partial charge in [-0.15, -0.1) is 0 Å². The summed E-state index contributed by atoms with van der Waals surface area (Å²) in [5.74, 6) is 0.317. The number of amides is 2. The molecular formula is C19H26N6O2S. The van der Waals surface area contributed by atoms with E-state index in [4.69, 9.17) is 0 Å². The number of piperazine rings is 1. The topological polar surface area (TPSA) is 81.7 Å². The Morgan fingerprint density at radius 2 is 1.71 bits per heavy atom. The maximum absolute atomic E-state index is 11.7. The minimum absolute atomic E-state index is 0.341. The standard InChI is InChI=1S/C19H26N6O2S/c26-17-16(28-19(27)22-17)14-15-4-5-20-18(21-15)25-12-10-24(11-13-25)9-8-23-6-2-1-3-7-23/h4-5,14H,1-3,6-13H2,(H,22,26,27). The van der Waals surface area contributed by atoms with Gasteiger partial charge in [-0.2, -0.15) is 0 Å². The number of rotatable bonds is 5. The normalized spacial score (nSPS) is 23.4. The fraction of sp³-hybridized carbons (Fsp3) is 0.579. The Bertz CT molecular complexity index is 757. The summed E-state index contributed by atoms with van der Waals surface area (Å²) >= 11 is 0.904. The average Bonchev–Trinajstić information content (AvgIpc) is 3.04. The lowest BCUT2D eigenvalue weighted by molar-refractivity contribution is -0.115. The van der Waals surface area contributed by atoms with Gasteiger partial charge in [0.15, 0.2) is 0 Å². The van der Waals surface area contributed by atoms with Crippen LogP contribution in [0.1, 0.15) is 25.0 Å². The molecule has 0 aromatic carbocycles. The third-order valence-corrected chi connectivity index (χ3v) is 6.23. The van der Waals surface area contributed by atoms with Gasteiger partial charge in [0.05, 0.1) is 10.6 Å². The number of anilines is 1. The van der Waals surface area contributed by atoms with Gasteiger partial charge in [0, 0.05) is 45.5 Å². The Kier molecular flexibility index (Phi) is 6.23. The predicted molar refractivity (Wildman–Crippen MR) is 110 cm³/mol. The monoisotopic (exact) mass is 402 g/mol. The maximum atomic E-state index is 11.7. The van der Waals surface area contributed by atoms with Crippen LogP contribution in [-0.4, -0.2) is 83.3 Å². The second kappa shape index (κ2) is 9.02. The zero-order valence-corrected chi connectivity index (χ0v) is 16.8. The molecule has 1 aromatic heterocycles. The number of carbonyl (C=O) groups excluding carboxylic acids is 2. The average molecular weight is 403 g/mol. The molecule has 0 saturated carbocycles. The predicted octanol–water partition coefficient (Wildman–Crippen LogP) is 1.41. The molecule has 4 rings (SSSR count). The van der Waals surface area contributed by atoms with E-state index >= 15 is 0 Å². The van der Waals surface area contributed by atoms with Crippen LogP contribution in [0, 0.1) is 0 Å². The Morgan fingerprint density at radius 3 is 2.39 bits per heavy atom. The molecule has 0 spiro atoms. The first-order valence-corrected chi connectivity index (χ1v) is 10.8. The molecule has 150 valence electrons. The molecule has 1 aromatic rings. The van der Waals surface area contributed by atoms with Crippen molar-refractivity contribution in [3.05, 3.63) is 22.9 Å². The van der Waals surface area contributed by atoms with Crippen LogP contribution in [0.4, 0.5) is 10.7 Å². The number of hydrogen-bond acceptors (Lipinski definition) is 8. The smallest absolute Gasteiger partial charge is 0.290 e. The Labute approximate surface area is 169 Å². The van der Waals surface area contributed by atoms with Gasteiger partial charge in [-0.25, -0.2) is 9.97 Å². The summed E-state index contributed by atoms with van der Waals surface area (Å²) < 4.78 is 0. The molecule has 2 amide bonds. The van der Waals surface area contributed by atoms with Crippen molar-refractivity contribution >= 4 is 34.9 Å². The molecule has 28 heavy (non-hydrogen) atoms. The van der Waals surface area contributed by atoms with Gasteiger partial charge >= 0.3 is 0 Å². The van der Waals surface area contributed by atoms with Crippen LogP contribution < -0.4 is 10.2 Å². The van der Waals surface area contributed by atoms with E-state index in [0.717, 1.165) is 51.0 Å². The molecule has 0 bridgehead atoms. The van der Waals surface area contributed by atoms with Gasteiger partial charge < -0.3 is 9.80 Å². The lowest BCUT2D eigenvalue weighted by Crippen LogP contribution is -2.49. The summed E-state index contributed by atoms with van der Waals surface area (Å²) in [6, 6.07) is 1.75. The summed E-state index contributed by atoms with van der Waals surface area (Å²) in [6.07, 6.45) is 7.41. The summed E-state index contributed by atoms with van der Waals surface area (Å²) in [6.45, 7) is 8.60. The summed E-state index contributed by atoms with van der Waals surface area (Å²) in [5.41, 5.74) is 0.643. The number of likely N-dealkylation sites (tertiary alicyclic amines) is 1. The van der Waals surface area contributed by atoms with Crippen molar-refractivity contribution in [2.75, 3.05) is 57.3 Å². The van der Waals surface area contributed by atoms with E-state index in [-0.39, 0.29) is 11.1 Å². The van der Waals surface area contributed by atoms with Crippen molar-refractivity contribution in [2.45, 2.75) is 19.3 Å². The number of imide groups is 1. The number of aromatic nitrogens is 2. The Balaban J connectivity index is 1.30. The third-order valence-electron chi connectivity index (χ3n) is 5.42. The van der Waals surface area contributed by atoms with Crippen molar-refractivity contribution < 1.29 is 9.59 Å². The molecule has 3 aliphatic heterocycles. The van der Waals surface area contributed by atoms with E-state index in [1.165, 1.54) is 32.4 Å². The second-order valence-corrected chi connectivity index (χ2v) is 8.38. The molecule has 0 atom stereocenters. The summed E-state index contributed by atoms with van der Waals surface area (Å²) in [5, 5.41) is 1.92. The first kappa shape index (κ1) is 19.4. The lowest BCUT2D eigenvalue weighted by Gasteiger charge is -2.36. The maximum Gasteiger partial charge on any atom is 0.290 e. The molecule has 0 aliphatic carbocycles. The second-order valence-electron chi connectivity index (χ2n) is 7.36. The number of hydrogen-bond donors (Lipinski definition) is 1. The van der Waals surface area contributed by atoms with Gasteiger partial charge in [0.1, 0.15) is 0 Å². The van der Waals surface area contributed by atoms with E-state index in [1.54, 1.807) is 18.3 Å². The van der Waals surface area contributed by atoms with Crippen molar-refractivity contribution in [1.29, 1.82) is 0 Å². The number of nitrogens with zero attached hydrogens (tertiary/aromatic N) is 5. The Morgan fingerprint density at radius 1 is 1.00 bits per heavy atom. The zero-order valence-electron chi connectivity index (χ0n) is 16.0. The molecule has 9 heteroatoms. The highest BCUT2D eigenvalue weighted by Gasteiger charge is 2.25. The molecule has 3 saturated heterocycles.